The molecule has 0 radical (unpaired) electrons. The molecule has 2 rings (SSSR count). The third-order valence-corrected chi connectivity index (χ3v) is 2.59. The number of hydrogen-bond acceptors (Lipinski definition) is 2. The molecule has 2 aromatic carbocycles. The lowest BCUT2D eigenvalue weighted by Crippen LogP contribution is -2.17. The van der Waals surface area contributed by atoms with E-state index in [1.165, 1.54) is 6.07 Å². The highest BCUT2D eigenvalue weighted by Gasteiger charge is 2.31. The minimum Gasteiger partial charge on any atom is -0.406 e. The Balaban J connectivity index is 2.39. The van der Waals surface area contributed by atoms with Crippen LogP contribution in [0.3, 0.4) is 0 Å². The third kappa shape index (κ3) is 3.79. The van der Waals surface area contributed by atoms with Gasteiger partial charge in [-0.25, -0.2) is 0 Å². The Hall–Kier alpha value is -1.88. The smallest absolute Gasteiger partial charge is 0.406 e. The Kier molecular flexibility index (Phi) is 3.57. The summed E-state index contributed by atoms with van der Waals surface area (Å²) < 4.78 is 40.4. The van der Waals surface area contributed by atoms with Crippen molar-refractivity contribution in [2.45, 2.75) is 6.36 Å². The number of benzene rings is 2. The summed E-state index contributed by atoms with van der Waals surface area (Å²) >= 11 is 5.75. The van der Waals surface area contributed by atoms with Crippen molar-refractivity contribution >= 4 is 17.3 Å². The molecule has 0 unspecified atom stereocenters. The van der Waals surface area contributed by atoms with E-state index in [0.29, 0.717) is 16.1 Å². The van der Waals surface area contributed by atoms with Crippen LogP contribution in [0.2, 0.25) is 5.02 Å². The summed E-state index contributed by atoms with van der Waals surface area (Å²) in [6, 6.07) is 10.6. The van der Waals surface area contributed by atoms with Crippen molar-refractivity contribution in [3.05, 3.63) is 47.5 Å². The molecule has 19 heavy (non-hydrogen) atoms. The highest BCUT2D eigenvalue weighted by molar-refractivity contribution is 6.30. The van der Waals surface area contributed by atoms with Gasteiger partial charge in [0.1, 0.15) is 5.75 Å². The van der Waals surface area contributed by atoms with Crippen LogP contribution >= 0.6 is 11.6 Å². The van der Waals surface area contributed by atoms with Crippen LogP contribution in [0.25, 0.3) is 11.1 Å². The van der Waals surface area contributed by atoms with Gasteiger partial charge in [-0.3, -0.25) is 0 Å². The van der Waals surface area contributed by atoms with Gasteiger partial charge in [0.25, 0.3) is 0 Å². The Morgan fingerprint density at radius 1 is 0.947 bits per heavy atom. The average Bonchev–Trinajstić information content (AvgIpc) is 2.26. The van der Waals surface area contributed by atoms with E-state index in [-0.39, 0.29) is 11.4 Å². The van der Waals surface area contributed by atoms with Gasteiger partial charge in [-0.15, -0.1) is 13.2 Å². The van der Waals surface area contributed by atoms with E-state index in [1.807, 2.05) is 0 Å². The normalized spacial score (nSPS) is 11.4. The Labute approximate surface area is 112 Å². The molecule has 0 fully saturated rings. The van der Waals surface area contributed by atoms with Crippen molar-refractivity contribution < 1.29 is 17.9 Å². The van der Waals surface area contributed by atoms with Gasteiger partial charge in [-0.2, -0.15) is 0 Å². The molecule has 0 amide bonds. The molecule has 2 N–H and O–H groups in total. The molecule has 0 aromatic heterocycles. The molecule has 0 spiro atoms. The summed E-state index contributed by atoms with van der Waals surface area (Å²) in [6.45, 7) is 0. The van der Waals surface area contributed by atoms with Crippen LogP contribution in [0.1, 0.15) is 0 Å². The fraction of sp³-hybridized carbons (Fsp3) is 0.0769. The topological polar surface area (TPSA) is 35.2 Å². The third-order valence-electron chi connectivity index (χ3n) is 2.34. The maximum absolute atomic E-state index is 12.2. The zero-order chi connectivity index (χ0) is 14.0. The Morgan fingerprint density at radius 2 is 1.58 bits per heavy atom. The summed E-state index contributed by atoms with van der Waals surface area (Å²) in [5.74, 6) is -0.350. The largest absolute Gasteiger partial charge is 0.573 e. The molecule has 0 atom stereocenters. The molecule has 0 bridgehead atoms. The van der Waals surface area contributed by atoms with Gasteiger partial charge in [-0.1, -0.05) is 23.7 Å². The SMILES string of the molecule is Nc1cc(OC(F)(F)F)cc(-c2ccc(Cl)cc2)c1. The van der Waals surface area contributed by atoms with E-state index < -0.39 is 6.36 Å². The van der Waals surface area contributed by atoms with Gasteiger partial charge in [0.2, 0.25) is 0 Å². The molecule has 0 aliphatic rings. The molecule has 2 aromatic rings. The predicted molar refractivity (Wildman–Crippen MR) is 68.0 cm³/mol. The van der Waals surface area contributed by atoms with Crippen LogP contribution in [-0.4, -0.2) is 6.36 Å². The fourth-order valence-corrected chi connectivity index (χ4v) is 1.75. The van der Waals surface area contributed by atoms with Crippen molar-refractivity contribution in [2.24, 2.45) is 0 Å². The summed E-state index contributed by atoms with van der Waals surface area (Å²) in [5, 5.41) is 0.541. The standard InChI is InChI=1S/C13H9ClF3NO/c14-10-3-1-8(2-4-10)9-5-11(18)7-12(6-9)19-13(15,16)17/h1-7H,18H2. The molecule has 0 aliphatic heterocycles. The molecule has 0 saturated heterocycles. The summed E-state index contributed by atoms with van der Waals surface area (Å²) in [5.41, 5.74) is 6.98. The zero-order valence-corrected chi connectivity index (χ0v) is 10.3. The first-order chi connectivity index (χ1) is 8.83. The van der Waals surface area contributed by atoms with Crippen molar-refractivity contribution in [2.75, 3.05) is 5.73 Å². The first kappa shape index (κ1) is 13.5. The van der Waals surface area contributed by atoms with E-state index in [9.17, 15) is 13.2 Å². The minimum absolute atomic E-state index is 0.187. The number of rotatable bonds is 2. The maximum atomic E-state index is 12.2. The number of ether oxygens (including phenoxy) is 1. The molecule has 100 valence electrons. The zero-order valence-electron chi connectivity index (χ0n) is 9.54. The van der Waals surface area contributed by atoms with Gasteiger partial charge in [0.05, 0.1) is 0 Å². The molecular weight excluding hydrogens is 279 g/mol. The second kappa shape index (κ2) is 5.01. The molecular formula is C13H9ClF3NO. The van der Waals surface area contributed by atoms with E-state index in [0.717, 1.165) is 6.07 Å². The van der Waals surface area contributed by atoms with Crippen LogP contribution in [0.5, 0.6) is 5.75 Å². The van der Waals surface area contributed by atoms with Crippen LogP contribution in [0, 0.1) is 0 Å². The second-order valence-electron chi connectivity index (χ2n) is 3.85. The molecule has 6 heteroatoms. The van der Waals surface area contributed by atoms with Crippen LogP contribution in [0.4, 0.5) is 18.9 Å². The van der Waals surface area contributed by atoms with Gasteiger partial charge in [0, 0.05) is 16.8 Å². The average molecular weight is 288 g/mol. The van der Waals surface area contributed by atoms with Crippen molar-refractivity contribution in [3.8, 4) is 16.9 Å². The highest BCUT2D eigenvalue weighted by Crippen LogP contribution is 2.31. The van der Waals surface area contributed by atoms with E-state index in [2.05, 4.69) is 4.74 Å². The van der Waals surface area contributed by atoms with Gasteiger partial charge >= 0.3 is 6.36 Å². The van der Waals surface area contributed by atoms with Crippen molar-refractivity contribution in [1.29, 1.82) is 0 Å². The van der Waals surface area contributed by atoms with Crippen molar-refractivity contribution in [1.82, 2.24) is 0 Å². The highest BCUT2D eigenvalue weighted by atomic mass is 35.5. The van der Waals surface area contributed by atoms with Crippen LogP contribution in [0.15, 0.2) is 42.5 Å². The van der Waals surface area contributed by atoms with Gasteiger partial charge in [-0.05, 0) is 35.4 Å². The van der Waals surface area contributed by atoms with Crippen LogP contribution in [-0.2, 0) is 0 Å². The summed E-state index contributed by atoms with van der Waals surface area (Å²) in [4.78, 5) is 0. The van der Waals surface area contributed by atoms with E-state index in [4.69, 9.17) is 17.3 Å². The van der Waals surface area contributed by atoms with E-state index >= 15 is 0 Å². The Morgan fingerprint density at radius 3 is 2.16 bits per heavy atom. The maximum Gasteiger partial charge on any atom is 0.573 e. The fourth-order valence-electron chi connectivity index (χ4n) is 1.62. The van der Waals surface area contributed by atoms with Crippen LogP contribution < -0.4 is 10.5 Å². The van der Waals surface area contributed by atoms with Gasteiger partial charge in [0.15, 0.2) is 0 Å². The second-order valence-corrected chi connectivity index (χ2v) is 4.28. The van der Waals surface area contributed by atoms with Gasteiger partial charge < -0.3 is 10.5 Å². The first-order valence-electron chi connectivity index (χ1n) is 5.26. The quantitative estimate of drug-likeness (QED) is 0.826. The molecule has 0 heterocycles. The molecule has 2 nitrogen and oxygen atoms in total. The Bertz CT molecular complexity index is 581. The number of nitrogens with two attached hydrogens (primary N) is 1. The lowest BCUT2D eigenvalue weighted by Gasteiger charge is -2.11. The predicted octanol–water partition coefficient (Wildman–Crippen LogP) is 4.49. The monoisotopic (exact) mass is 287 g/mol. The summed E-state index contributed by atoms with van der Waals surface area (Å²) in [7, 11) is 0. The number of anilines is 1. The lowest BCUT2D eigenvalue weighted by molar-refractivity contribution is -0.274. The van der Waals surface area contributed by atoms with E-state index in [1.54, 1.807) is 30.3 Å². The lowest BCUT2D eigenvalue weighted by atomic mass is 10.0. The minimum atomic E-state index is -4.74. The van der Waals surface area contributed by atoms with Crippen molar-refractivity contribution in [3.63, 3.8) is 0 Å². The number of hydrogen-bond donors (Lipinski definition) is 1. The summed E-state index contributed by atoms with van der Waals surface area (Å²) in [6.07, 6.45) is -4.74. The molecule has 0 aliphatic carbocycles. The number of alkyl halides is 3. The molecule has 0 saturated carbocycles. The number of halogens is 4. The first-order valence-corrected chi connectivity index (χ1v) is 5.63. The number of nitrogen functional groups attached to an aromatic ring is 1.